The van der Waals surface area contributed by atoms with E-state index in [1.54, 1.807) is 17.0 Å². The fraction of sp³-hybridized carbons (Fsp3) is 0.526. The number of carbonyl (C=O) groups excluding carboxylic acids is 1. The number of oxazole rings is 1. The van der Waals surface area contributed by atoms with E-state index in [1.807, 2.05) is 0 Å². The Labute approximate surface area is 171 Å². The molecule has 2 aromatic rings. The van der Waals surface area contributed by atoms with Crippen molar-refractivity contribution in [2.45, 2.75) is 25.4 Å². The summed E-state index contributed by atoms with van der Waals surface area (Å²) in [6, 6.07) is 3.17. The smallest absolute Gasteiger partial charge is 0.417 e. The summed E-state index contributed by atoms with van der Waals surface area (Å²) in [7, 11) is 0. The molecule has 0 saturated carbocycles. The Morgan fingerprint density at radius 3 is 2.43 bits per heavy atom. The van der Waals surface area contributed by atoms with Crippen molar-refractivity contribution in [2.24, 2.45) is 0 Å². The molecule has 2 aliphatic heterocycles. The number of hydrogen-bond donors (Lipinski definition) is 2. The molecule has 2 N–H and O–H groups in total. The number of piperidine rings is 1. The van der Waals surface area contributed by atoms with Crippen LogP contribution >= 0.6 is 0 Å². The highest BCUT2D eigenvalue weighted by molar-refractivity contribution is 6.03. The third-order valence-corrected chi connectivity index (χ3v) is 5.16. The highest BCUT2D eigenvalue weighted by Crippen LogP contribution is 2.35. The first-order chi connectivity index (χ1) is 14.4. The fourth-order valence-electron chi connectivity index (χ4n) is 3.60. The first kappa shape index (κ1) is 20.5. The lowest BCUT2D eigenvalue weighted by Gasteiger charge is -2.28. The molecule has 11 heteroatoms. The minimum absolute atomic E-state index is 0.167. The molecule has 0 radical (unpaired) electrons. The maximum absolute atomic E-state index is 13.4. The Morgan fingerprint density at radius 1 is 1.07 bits per heavy atom. The van der Waals surface area contributed by atoms with Gasteiger partial charge in [-0.3, -0.25) is 4.79 Å². The van der Waals surface area contributed by atoms with Gasteiger partial charge in [-0.1, -0.05) is 0 Å². The number of piperazine rings is 1. The van der Waals surface area contributed by atoms with Crippen LogP contribution in [-0.2, 0) is 6.18 Å². The van der Waals surface area contributed by atoms with E-state index in [0.29, 0.717) is 13.1 Å². The van der Waals surface area contributed by atoms with Crippen LogP contribution < -0.4 is 20.4 Å². The van der Waals surface area contributed by atoms with Crippen LogP contribution in [0.1, 0.15) is 35.5 Å². The minimum atomic E-state index is -4.80. The zero-order valence-corrected chi connectivity index (χ0v) is 16.3. The maximum Gasteiger partial charge on any atom is 0.437 e. The van der Waals surface area contributed by atoms with Crippen LogP contribution in [0.3, 0.4) is 0 Å². The first-order valence-corrected chi connectivity index (χ1v) is 9.98. The van der Waals surface area contributed by atoms with Crippen LogP contribution in [0.4, 0.5) is 30.7 Å². The molecule has 2 aromatic heterocycles. The third-order valence-electron chi connectivity index (χ3n) is 5.16. The van der Waals surface area contributed by atoms with Crippen molar-refractivity contribution in [2.75, 3.05) is 54.4 Å². The van der Waals surface area contributed by atoms with Crippen molar-refractivity contribution in [3.05, 3.63) is 29.8 Å². The van der Waals surface area contributed by atoms with Crippen molar-refractivity contribution in [1.82, 2.24) is 15.3 Å². The average molecular weight is 424 g/mol. The molecule has 0 aromatic carbocycles. The Bertz CT molecular complexity index is 871. The second-order valence-electron chi connectivity index (χ2n) is 7.32. The number of pyridine rings is 1. The van der Waals surface area contributed by atoms with E-state index in [2.05, 4.69) is 25.5 Å². The van der Waals surface area contributed by atoms with Gasteiger partial charge in [-0.05, 0) is 31.4 Å². The lowest BCUT2D eigenvalue weighted by atomic mass is 10.1. The van der Waals surface area contributed by atoms with E-state index in [4.69, 9.17) is 4.42 Å². The molecule has 2 aliphatic rings. The average Bonchev–Trinajstić information content (AvgIpc) is 3.22. The predicted molar refractivity (Wildman–Crippen MR) is 105 cm³/mol. The van der Waals surface area contributed by atoms with Gasteiger partial charge in [0.1, 0.15) is 5.82 Å². The lowest BCUT2D eigenvalue weighted by Crippen LogP contribution is -2.43. The van der Waals surface area contributed by atoms with Gasteiger partial charge < -0.3 is 24.9 Å². The molecular formula is C19H23F3N6O2. The van der Waals surface area contributed by atoms with Crippen LogP contribution in [0.15, 0.2) is 22.7 Å². The van der Waals surface area contributed by atoms with E-state index in [0.717, 1.165) is 51.3 Å². The Kier molecular flexibility index (Phi) is 5.80. The van der Waals surface area contributed by atoms with Gasteiger partial charge in [0.2, 0.25) is 5.76 Å². The topological polar surface area (TPSA) is 86.5 Å². The SMILES string of the molecule is O=C(Nc1ccc(N2CCNCC2)nc1)c1oc(N2CCCCC2)nc1C(F)(F)F. The second-order valence-corrected chi connectivity index (χ2v) is 7.32. The van der Waals surface area contributed by atoms with E-state index in [9.17, 15) is 18.0 Å². The van der Waals surface area contributed by atoms with Crippen LogP contribution in [0, 0.1) is 0 Å². The number of carbonyl (C=O) groups is 1. The molecule has 0 unspecified atom stereocenters. The normalized spacial score (nSPS) is 17.8. The van der Waals surface area contributed by atoms with Crippen molar-refractivity contribution in [3.8, 4) is 0 Å². The number of alkyl halides is 3. The summed E-state index contributed by atoms with van der Waals surface area (Å²) >= 11 is 0. The summed E-state index contributed by atoms with van der Waals surface area (Å²) in [5.74, 6) is -1.10. The van der Waals surface area contributed by atoms with Crippen molar-refractivity contribution in [3.63, 3.8) is 0 Å². The number of hydrogen-bond acceptors (Lipinski definition) is 7. The predicted octanol–water partition coefficient (Wildman–Crippen LogP) is 2.74. The van der Waals surface area contributed by atoms with Crippen molar-refractivity contribution >= 4 is 23.4 Å². The first-order valence-electron chi connectivity index (χ1n) is 9.98. The van der Waals surface area contributed by atoms with Crippen molar-refractivity contribution < 1.29 is 22.4 Å². The van der Waals surface area contributed by atoms with Gasteiger partial charge in [0.15, 0.2) is 5.69 Å². The summed E-state index contributed by atoms with van der Waals surface area (Å²) in [4.78, 5) is 24.2. The number of nitrogens with zero attached hydrogens (tertiary/aromatic N) is 4. The van der Waals surface area contributed by atoms with Crippen LogP contribution in [0.25, 0.3) is 0 Å². The zero-order valence-electron chi connectivity index (χ0n) is 16.3. The standard InChI is InChI=1S/C19H23F3N6O2/c20-19(21,22)16-15(30-18(26-16)28-8-2-1-3-9-28)17(29)25-13-4-5-14(24-12-13)27-10-6-23-7-11-27/h4-5,12,23H,1-3,6-11H2,(H,25,29). The summed E-state index contributed by atoms with van der Waals surface area (Å²) < 4.78 is 45.6. The number of rotatable bonds is 4. The van der Waals surface area contributed by atoms with Crippen molar-refractivity contribution in [1.29, 1.82) is 0 Å². The van der Waals surface area contributed by atoms with Gasteiger partial charge in [0, 0.05) is 39.3 Å². The maximum atomic E-state index is 13.4. The van der Waals surface area contributed by atoms with E-state index < -0.39 is 23.5 Å². The second kappa shape index (κ2) is 8.50. The number of aromatic nitrogens is 2. The van der Waals surface area contributed by atoms with Crippen LogP contribution in [0.2, 0.25) is 0 Å². The molecular weight excluding hydrogens is 401 g/mol. The Hall–Kier alpha value is -2.82. The van der Waals surface area contributed by atoms with Gasteiger partial charge in [0.05, 0.1) is 11.9 Å². The summed E-state index contributed by atoms with van der Waals surface area (Å²) in [5.41, 5.74) is -1.03. The fourth-order valence-corrected chi connectivity index (χ4v) is 3.60. The van der Waals surface area contributed by atoms with Gasteiger partial charge >= 0.3 is 6.18 Å². The van der Waals surface area contributed by atoms with E-state index in [1.165, 1.54) is 6.20 Å². The number of nitrogens with one attached hydrogen (secondary N) is 2. The Morgan fingerprint density at radius 2 is 1.80 bits per heavy atom. The van der Waals surface area contributed by atoms with Crippen LogP contribution in [-0.4, -0.2) is 55.1 Å². The summed E-state index contributed by atoms with van der Waals surface area (Å²) in [5, 5.41) is 5.68. The molecule has 1 amide bonds. The molecule has 0 atom stereocenters. The van der Waals surface area contributed by atoms with Gasteiger partial charge in [-0.2, -0.15) is 18.2 Å². The van der Waals surface area contributed by atoms with E-state index in [-0.39, 0.29) is 11.7 Å². The van der Waals surface area contributed by atoms with E-state index >= 15 is 0 Å². The zero-order chi connectivity index (χ0) is 21.1. The molecule has 0 aliphatic carbocycles. The number of amides is 1. The number of anilines is 3. The molecule has 0 bridgehead atoms. The van der Waals surface area contributed by atoms with Gasteiger partial charge in [-0.15, -0.1) is 0 Å². The monoisotopic (exact) mass is 424 g/mol. The molecule has 30 heavy (non-hydrogen) atoms. The highest BCUT2D eigenvalue weighted by atomic mass is 19.4. The molecule has 8 nitrogen and oxygen atoms in total. The summed E-state index contributed by atoms with van der Waals surface area (Å²) in [6.07, 6.45) is -0.681. The Balaban J connectivity index is 1.51. The minimum Gasteiger partial charge on any atom is -0.417 e. The molecule has 2 saturated heterocycles. The lowest BCUT2D eigenvalue weighted by molar-refractivity contribution is -0.141. The van der Waals surface area contributed by atoms with Gasteiger partial charge in [-0.25, -0.2) is 4.98 Å². The quantitative estimate of drug-likeness (QED) is 0.781. The van der Waals surface area contributed by atoms with Gasteiger partial charge in [0.25, 0.3) is 11.9 Å². The molecule has 4 heterocycles. The molecule has 4 rings (SSSR count). The molecule has 162 valence electrons. The largest absolute Gasteiger partial charge is 0.437 e. The highest BCUT2D eigenvalue weighted by Gasteiger charge is 2.42. The molecule has 0 spiro atoms. The number of halogens is 3. The molecule has 2 fully saturated rings. The third kappa shape index (κ3) is 4.50. The van der Waals surface area contributed by atoms with Crippen LogP contribution in [0.5, 0.6) is 0 Å². The summed E-state index contributed by atoms with van der Waals surface area (Å²) in [6.45, 7) is 4.43.